The number of rotatable bonds is 0. The average molecular weight is 290 g/mol. The van der Waals surface area contributed by atoms with E-state index in [1.54, 1.807) is 5.57 Å². The molecule has 3 fully saturated rings. The van der Waals surface area contributed by atoms with Crippen LogP contribution in [0.5, 0.6) is 0 Å². The predicted octanol–water partition coefficient (Wildman–Crippen LogP) is 3.67. The number of hydrogen-bond acceptors (Lipinski definition) is 2. The minimum absolute atomic E-state index is 0.0742. The average Bonchev–Trinajstić information content (AvgIpc) is 2.76. The van der Waals surface area contributed by atoms with Crippen LogP contribution in [0.15, 0.2) is 11.6 Å². The first-order valence-electron chi connectivity index (χ1n) is 9.01. The molecule has 0 heterocycles. The van der Waals surface area contributed by atoms with Gasteiger partial charge in [-0.05, 0) is 80.0 Å². The standard InChI is InChI=1S/C19H30O2/c1-18-9-7-13(20)11-12(18)3-4-14-15-5-6-17(21)19(15,2)10-8-16(14)18/h3,13-17,20-21H,4-11H2,1-2H3/t13-,14+,15-,16+,17+,18+,19-/m1/s1. The predicted molar refractivity (Wildman–Crippen MR) is 83.7 cm³/mol. The molecule has 118 valence electrons. The lowest BCUT2D eigenvalue weighted by Gasteiger charge is -2.57. The summed E-state index contributed by atoms with van der Waals surface area (Å²) in [6.07, 6.45) is 11.2. The van der Waals surface area contributed by atoms with E-state index in [4.69, 9.17) is 0 Å². The maximum Gasteiger partial charge on any atom is 0.0596 e. The number of aliphatic hydroxyl groups excluding tert-OH is 2. The van der Waals surface area contributed by atoms with Gasteiger partial charge < -0.3 is 10.2 Å². The Kier molecular flexibility index (Phi) is 3.11. The van der Waals surface area contributed by atoms with E-state index in [0.717, 1.165) is 37.5 Å². The lowest BCUT2D eigenvalue weighted by atomic mass is 9.48. The number of hydrogen-bond donors (Lipinski definition) is 2. The van der Waals surface area contributed by atoms with Crippen molar-refractivity contribution in [1.29, 1.82) is 0 Å². The Balaban J connectivity index is 1.68. The second kappa shape index (κ2) is 4.58. The molecule has 0 aromatic rings. The maximum atomic E-state index is 10.5. The summed E-state index contributed by atoms with van der Waals surface area (Å²) in [4.78, 5) is 0. The Morgan fingerprint density at radius 2 is 1.81 bits per heavy atom. The van der Waals surface area contributed by atoms with Gasteiger partial charge in [0, 0.05) is 0 Å². The van der Waals surface area contributed by atoms with Crippen LogP contribution in [0, 0.1) is 28.6 Å². The Bertz CT molecular complexity index is 470. The van der Waals surface area contributed by atoms with E-state index in [0.29, 0.717) is 11.3 Å². The summed E-state index contributed by atoms with van der Waals surface area (Å²) in [6, 6.07) is 0. The van der Waals surface area contributed by atoms with Crippen molar-refractivity contribution in [3.8, 4) is 0 Å². The van der Waals surface area contributed by atoms with Crippen LogP contribution in [0.2, 0.25) is 0 Å². The smallest absolute Gasteiger partial charge is 0.0596 e. The highest BCUT2D eigenvalue weighted by atomic mass is 16.3. The van der Waals surface area contributed by atoms with Gasteiger partial charge >= 0.3 is 0 Å². The number of fused-ring (bicyclic) bond motifs is 5. The van der Waals surface area contributed by atoms with Gasteiger partial charge in [0.2, 0.25) is 0 Å². The molecular weight excluding hydrogens is 260 g/mol. The van der Waals surface area contributed by atoms with E-state index in [2.05, 4.69) is 19.9 Å². The van der Waals surface area contributed by atoms with Crippen molar-refractivity contribution < 1.29 is 10.2 Å². The van der Waals surface area contributed by atoms with Crippen molar-refractivity contribution in [3.05, 3.63) is 11.6 Å². The summed E-state index contributed by atoms with van der Waals surface area (Å²) in [6.45, 7) is 4.81. The first kappa shape index (κ1) is 14.3. The van der Waals surface area contributed by atoms with Crippen LogP contribution in [-0.4, -0.2) is 22.4 Å². The van der Waals surface area contributed by atoms with Gasteiger partial charge in [-0.1, -0.05) is 25.5 Å². The van der Waals surface area contributed by atoms with Crippen LogP contribution in [0.3, 0.4) is 0 Å². The highest BCUT2D eigenvalue weighted by Gasteiger charge is 2.58. The highest BCUT2D eigenvalue weighted by Crippen LogP contribution is 2.64. The molecule has 0 unspecified atom stereocenters. The van der Waals surface area contributed by atoms with Crippen LogP contribution in [0.25, 0.3) is 0 Å². The second-order valence-electron chi connectivity index (χ2n) is 8.79. The van der Waals surface area contributed by atoms with Crippen LogP contribution in [-0.2, 0) is 0 Å². The molecule has 4 aliphatic rings. The summed E-state index contributed by atoms with van der Waals surface area (Å²) in [5, 5.41) is 20.5. The zero-order chi connectivity index (χ0) is 14.8. The molecule has 0 saturated heterocycles. The van der Waals surface area contributed by atoms with Gasteiger partial charge in [0.1, 0.15) is 0 Å². The molecule has 2 heteroatoms. The molecule has 4 aliphatic carbocycles. The fourth-order valence-electron chi connectivity index (χ4n) is 6.61. The summed E-state index contributed by atoms with van der Waals surface area (Å²) in [7, 11) is 0. The first-order valence-corrected chi connectivity index (χ1v) is 9.01. The molecule has 0 aromatic heterocycles. The van der Waals surface area contributed by atoms with Gasteiger partial charge in [-0.3, -0.25) is 0 Å². The van der Waals surface area contributed by atoms with E-state index in [1.165, 1.54) is 25.7 Å². The van der Waals surface area contributed by atoms with Gasteiger partial charge in [0.05, 0.1) is 12.2 Å². The van der Waals surface area contributed by atoms with Crippen molar-refractivity contribution in [1.82, 2.24) is 0 Å². The fraction of sp³-hybridized carbons (Fsp3) is 0.895. The molecule has 0 bridgehead atoms. The Hall–Kier alpha value is -0.340. The van der Waals surface area contributed by atoms with Gasteiger partial charge in [0.25, 0.3) is 0 Å². The Morgan fingerprint density at radius 3 is 2.62 bits per heavy atom. The molecule has 0 aromatic carbocycles. The molecule has 0 radical (unpaired) electrons. The monoisotopic (exact) mass is 290 g/mol. The largest absolute Gasteiger partial charge is 0.393 e. The fourth-order valence-corrected chi connectivity index (χ4v) is 6.61. The topological polar surface area (TPSA) is 40.5 Å². The SMILES string of the molecule is C[C@@]12CC[C@H]3[C@@H](CC=C4C[C@H](O)CC[C@@]43C)[C@H]1CC[C@@H]2O. The molecule has 7 atom stereocenters. The van der Waals surface area contributed by atoms with Gasteiger partial charge in [-0.15, -0.1) is 0 Å². The summed E-state index contributed by atoms with van der Waals surface area (Å²) >= 11 is 0. The lowest BCUT2D eigenvalue weighted by molar-refractivity contribution is -0.0711. The Morgan fingerprint density at radius 1 is 1.00 bits per heavy atom. The Labute approximate surface area is 128 Å². The molecule has 3 saturated carbocycles. The molecule has 0 amide bonds. The zero-order valence-electron chi connectivity index (χ0n) is 13.5. The van der Waals surface area contributed by atoms with Crippen molar-refractivity contribution >= 4 is 0 Å². The second-order valence-corrected chi connectivity index (χ2v) is 8.79. The summed E-state index contributed by atoms with van der Waals surface area (Å²) < 4.78 is 0. The lowest BCUT2D eigenvalue weighted by Crippen LogP contribution is -2.51. The maximum absolute atomic E-state index is 10.5. The molecule has 21 heavy (non-hydrogen) atoms. The van der Waals surface area contributed by atoms with E-state index in [-0.39, 0.29) is 17.6 Å². The highest BCUT2D eigenvalue weighted by molar-refractivity contribution is 5.25. The molecule has 4 rings (SSSR count). The van der Waals surface area contributed by atoms with Crippen molar-refractivity contribution in [2.45, 2.75) is 77.4 Å². The van der Waals surface area contributed by atoms with Gasteiger partial charge in [-0.25, -0.2) is 0 Å². The van der Waals surface area contributed by atoms with E-state index >= 15 is 0 Å². The van der Waals surface area contributed by atoms with Crippen LogP contribution >= 0.6 is 0 Å². The minimum atomic E-state index is -0.108. The molecule has 2 nitrogen and oxygen atoms in total. The molecular formula is C19H30O2. The third-order valence-electron chi connectivity index (χ3n) is 8.03. The van der Waals surface area contributed by atoms with Crippen molar-refractivity contribution in [2.24, 2.45) is 28.6 Å². The van der Waals surface area contributed by atoms with E-state index < -0.39 is 0 Å². The summed E-state index contributed by atoms with van der Waals surface area (Å²) in [5.41, 5.74) is 2.05. The molecule has 0 aliphatic heterocycles. The van der Waals surface area contributed by atoms with Crippen LogP contribution < -0.4 is 0 Å². The van der Waals surface area contributed by atoms with Crippen LogP contribution in [0.1, 0.15) is 65.2 Å². The normalized spacial score (nSPS) is 56.2. The van der Waals surface area contributed by atoms with Crippen molar-refractivity contribution in [2.75, 3.05) is 0 Å². The van der Waals surface area contributed by atoms with Crippen molar-refractivity contribution in [3.63, 3.8) is 0 Å². The number of aliphatic hydroxyl groups is 2. The van der Waals surface area contributed by atoms with E-state index in [1.807, 2.05) is 0 Å². The summed E-state index contributed by atoms with van der Waals surface area (Å²) in [5.74, 6) is 2.27. The quantitative estimate of drug-likeness (QED) is 0.668. The van der Waals surface area contributed by atoms with Gasteiger partial charge in [0.15, 0.2) is 0 Å². The number of allylic oxidation sites excluding steroid dienone is 1. The third-order valence-corrected chi connectivity index (χ3v) is 8.03. The van der Waals surface area contributed by atoms with Gasteiger partial charge in [-0.2, -0.15) is 0 Å². The zero-order valence-corrected chi connectivity index (χ0v) is 13.5. The third kappa shape index (κ3) is 1.84. The minimum Gasteiger partial charge on any atom is -0.393 e. The van der Waals surface area contributed by atoms with E-state index in [9.17, 15) is 10.2 Å². The van der Waals surface area contributed by atoms with Crippen LogP contribution in [0.4, 0.5) is 0 Å². The molecule has 0 spiro atoms. The molecule has 2 N–H and O–H groups in total. The first-order chi connectivity index (χ1) is 9.95.